The lowest BCUT2D eigenvalue weighted by Crippen LogP contribution is -1.82. The van der Waals surface area contributed by atoms with Crippen LogP contribution in [0.2, 0.25) is 0 Å². The summed E-state index contributed by atoms with van der Waals surface area (Å²) >= 11 is 3.43. The van der Waals surface area contributed by atoms with Crippen LogP contribution in [-0.2, 0) is 0 Å². The fourth-order valence-corrected chi connectivity index (χ4v) is 3.14. The molecule has 0 aliphatic carbocycles. The van der Waals surface area contributed by atoms with Gasteiger partial charge < -0.3 is 4.42 Å². The molecule has 0 unspecified atom stereocenters. The van der Waals surface area contributed by atoms with Gasteiger partial charge in [-0.15, -0.1) is 0 Å². The number of rotatable bonds is 3. The van der Waals surface area contributed by atoms with Gasteiger partial charge >= 0.3 is 0 Å². The molecule has 0 aliphatic heterocycles. The van der Waals surface area contributed by atoms with Gasteiger partial charge in [0.2, 0.25) is 0 Å². The second-order valence-electron chi connectivity index (χ2n) is 5.94. The summed E-state index contributed by atoms with van der Waals surface area (Å²) < 4.78 is 6.93. The van der Waals surface area contributed by atoms with Gasteiger partial charge in [0.25, 0.3) is 0 Å². The van der Waals surface area contributed by atoms with E-state index in [0.29, 0.717) is 11.3 Å². The molecular formula is C23H14BrNO. The van der Waals surface area contributed by atoms with E-state index < -0.39 is 0 Å². The lowest BCUT2D eigenvalue weighted by Gasteiger charge is -2.02. The molecule has 0 bridgehead atoms. The second-order valence-corrected chi connectivity index (χ2v) is 6.86. The summed E-state index contributed by atoms with van der Waals surface area (Å²) in [6.45, 7) is 0. The predicted octanol–water partition coefficient (Wildman–Crippen LogP) is 6.93. The van der Waals surface area contributed by atoms with Crippen molar-refractivity contribution in [3.8, 4) is 17.4 Å². The van der Waals surface area contributed by atoms with Gasteiger partial charge in [0.05, 0.1) is 11.6 Å². The zero-order chi connectivity index (χ0) is 17.9. The quantitative estimate of drug-likeness (QED) is 0.350. The predicted molar refractivity (Wildman–Crippen MR) is 109 cm³/mol. The number of hydrogen-bond donors (Lipinski definition) is 0. The van der Waals surface area contributed by atoms with Gasteiger partial charge in [0, 0.05) is 10.0 Å². The van der Waals surface area contributed by atoms with Crippen LogP contribution in [0.25, 0.3) is 33.7 Å². The van der Waals surface area contributed by atoms with Crippen LogP contribution >= 0.6 is 15.9 Å². The molecule has 2 nitrogen and oxygen atoms in total. The van der Waals surface area contributed by atoms with Gasteiger partial charge in [-0.3, -0.25) is 0 Å². The summed E-state index contributed by atoms with van der Waals surface area (Å²) in [5, 5.41) is 11.9. The van der Waals surface area contributed by atoms with Crippen molar-refractivity contribution in [1.29, 1.82) is 5.26 Å². The van der Waals surface area contributed by atoms with Crippen molar-refractivity contribution in [3.05, 3.63) is 94.7 Å². The number of benzene rings is 3. The summed E-state index contributed by atoms with van der Waals surface area (Å²) in [6, 6.07) is 28.2. The van der Waals surface area contributed by atoms with Crippen molar-refractivity contribution >= 4 is 38.4 Å². The average Bonchev–Trinajstić information content (AvgIpc) is 3.15. The van der Waals surface area contributed by atoms with E-state index >= 15 is 0 Å². The van der Waals surface area contributed by atoms with Crippen LogP contribution in [0, 0.1) is 11.3 Å². The molecule has 0 N–H and O–H groups in total. The first kappa shape index (κ1) is 16.4. The maximum absolute atomic E-state index is 9.60. The molecule has 0 radical (unpaired) electrons. The Morgan fingerprint density at radius 1 is 0.885 bits per heavy atom. The van der Waals surface area contributed by atoms with Gasteiger partial charge in [-0.05, 0) is 52.7 Å². The Morgan fingerprint density at radius 2 is 1.65 bits per heavy atom. The summed E-state index contributed by atoms with van der Waals surface area (Å²) in [5.41, 5.74) is 2.46. The Morgan fingerprint density at radius 3 is 2.42 bits per heavy atom. The van der Waals surface area contributed by atoms with Crippen LogP contribution in [0.15, 0.2) is 87.8 Å². The molecule has 3 heteroatoms. The highest BCUT2D eigenvalue weighted by Gasteiger charge is 2.07. The van der Waals surface area contributed by atoms with Gasteiger partial charge in [-0.25, -0.2) is 0 Å². The fourth-order valence-electron chi connectivity index (χ4n) is 2.88. The van der Waals surface area contributed by atoms with E-state index in [9.17, 15) is 5.26 Å². The molecule has 1 heterocycles. The van der Waals surface area contributed by atoms with Gasteiger partial charge in [0.15, 0.2) is 0 Å². The lowest BCUT2D eigenvalue weighted by atomic mass is 10.0. The summed E-state index contributed by atoms with van der Waals surface area (Å²) in [5.74, 6) is 1.44. The first-order valence-electron chi connectivity index (χ1n) is 8.20. The van der Waals surface area contributed by atoms with E-state index in [-0.39, 0.29) is 0 Å². The van der Waals surface area contributed by atoms with E-state index in [1.54, 1.807) is 6.08 Å². The minimum atomic E-state index is 0.576. The highest BCUT2D eigenvalue weighted by molar-refractivity contribution is 9.10. The van der Waals surface area contributed by atoms with Crippen LogP contribution in [0.5, 0.6) is 0 Å². The Labute approximate surface area is 160 Å². The Hall–Kier alpha value is -3.09. The van der Waals surface area contributed by atoms with E-state index in [0.717, 1.165) is 32.1 Å². The van der Waals surface area contributed by atoms with Crippen LogP contribution in [-0.4, -0.2) is 0 Å². The number of halogens is 1. The van der Waals surface area contributed by atoms with Crippen LogP contribution < -0.4 is 0 Å². The van der Waals surface area contributed by atoms with Crippen molar-refractivity contribution in [1.82, 2.24) is 0 Å². The summed E-state index contributed by atoms with van der Waals surface area (Å²) in [6.07, 6.45) is 1.78. The number of hydrogen-bond acceptors (Lipinski definition) is 2. The first-order chi connectivity index (χ1) is 12.7. The molecule has 0 fully saturated rings. The second kappa shape index (κ2) is 7.03. The van der Waals surface area contributed by atoms with Crippen molar-refractivity contribution in [3.63, 3.8) is 0 Å². The highest BCUT2D eigenvalue weighted by atomic mass is 79.9. The van der Waals surface area contributed by atoms with Crippen LogP contribution in [0.4, 0.5) is 0 Å². The van der Waals surface area contributed by atoms with Crippen LogP contribution in [0.1, 0.15) is 11.3 Å². The zero-order valence-corrected chi connectivity index (χ0v) is 15.4. The molecule has 4 aromatic rings. The third-order valence-corrected chi connectivity index (χ3v) is 4.75. The van der Waals surface area contributed by atoms with E-state index in [2.05, 4.69) is 28.1 Å². The van der Waals surface area contributed by atoms with Crippen molar-refractivity contribution in [2.75, 3.05) is 0 Å². The van der Waals surface area contributed by atoms with Crippen molar-refractivity contribution < 1.29 is 4.42 Å². The minimum Gasteiger partial charge on any atom is -0.457 e. The molecule has 0 amide bonds. The molecule has 26 heavy (non-hydrogen) atoms. The molecular weight excluding hydrogens is 386 g/mol. The van der Waals surface area contributed by atoms with Gasteiger partial charge in [-0.2, -0.15) is 5.26 Å². The number of furan rings is 1. The number of nitriles is 1. The topological polar surface area (TPSA) is 36.9 Å². The Bertz CT molecular complexity index is 1150. The van der Waals surface area contributed by atoms with Gasteiger partial charge in [-0.1, -0.05) is 64.5 Å². The molecule has 0 aliphatic rings. The Balaban J connectivity index is 1.69. The van der Waals surface area contributed by atoms with Crippen molar-refractivity contribution in [2.45, 2.75) is 0 Å². The molecule has 124 valence electrons. The minimum absolute atomic E-state index is 0.576. The van der Waals surface area contributed by atoms with Crippen molar-refractivity contribution in [2.24, 2.45) is 0 Å². The van der Waals surface area contributed by atoms with Gasteiger partial charge in [0.1, 0.15) is 11.5 Å². The Kier molecular flexibility index (Phi) is 4.43. The molecule has 0 spiro atoms. The molecule has 3 aromatic carbocycles. The van der Waals surface area contributed by atoms with E-state index in [4.69, 9.17) is 4.42 Å². The lowest BCUT2D eigenvalue weighted by molar-refractivity contribution is 0.572. The van der Waals surface area contributed by atoms with Crippen LogP contribution in [0.3, 0.4) is 0 Å². The maximum Gasteiger partial charge on any atom is 0.134 e. The summed E-state index contributed by atoms with van der Waals surface area (Å²) in [4.78, 5) is 0. The van der Waals surface area contributed by atoms with E-state index in [1.807, 2.05) is 72.8 Å². The monoisotopic (exact) mass is 399 g/mol. The third-order valence-electron chi connectivity index (χ3n) is 4.22. The zero-order valence-electron chi connectivity index (χ0n) is 13.8. The number of nitrogens with zero attached hydrogens (tertiary/aromatic N) is 1. The molecule has 4 rings (SSSR count). The largest absolute Gasteiger partial charge is 0.457 e. The number of allylic oxidation sites excluding steroid dienone is 1. The standard InChI is InChI=1S/C23H14BrNO/c24-21-9-7-17(8-10-21)23-12-11-22(26-23)14-20(15-25)19-6-5-16-3-1-2-4-18(16)13-19/h1-14H/b20-14+. The fraction of sp³-hybridized carbons (Fsp3) is 0. The highest BCUT2D eigenvalue weighted by Crippen LogP contribution is 2.27. The SMILES string of the molecule is N#C/C(=C\c1ccc(-c2ccc(Br)cc2)o1)c1ccc2ccccc2c1. The molecule has 0 atom stereocenters. The molecule has 0 saturated carbocycles. The number of fused-ring (bicyclic) bond motifs is 1. The molecule has 0 saturated heterocycles. The summed E-state index contributed by atoms with van der Waals surface area (Å²) in [7, 11) is 0. The molecule has 1 aromatic heterocycles. The smallest absolute Gasteiger partial charge is 0.134 e. The average molecular weight is 400 g/mol. The maximum atomic E-state index is 9.60. The first-order valence-corrected chi connectivity index (χ1v) is 8.99. The third kappa shape index (κ3) is 3.33. The normalized spacial score (nSPS) is 11.5. The van der Waals surface area contributed by atoms with E-state index in [1.165, 1.54) is 0 Å².